The van der Waals surface area contributed by atoms with E-state index in [0.717, 1.165) is 22.3 Å². The number of rotatable bonds is 4. The second kappa shape index (κ2) is 10.5. The first-order valence-electron chi connectivity index (χ1n) is 9.87. The van der Waals surface area contributed by atoms with Crippen LogP contribution in [0.4, 0.5) is 13.3 Å². The molecule has 0 aliphatic carbocycles. The molecule has 0 saturated carbocycles. The topological polar surface area (TPSA) is 9.23 Å². The third-order valence-corrected chi connectivity index (χ3v) is 4.88. The molecule has 158 valence electrons. The lowest BCUT2D eigenvalue weighted by atomic mass is 9.98. The van der Waals surface area contributed by atoms with Gasteiger partial charge >= 0.3 is 0 Å². The molecular weight excluding hydrogens is 397 g/mol. The van der Waals surface area contributed by atoms with Crippen LogP contribution >= 0.6 is 0 Å². The largest absolute Gasteiger partial charge is 0.294 e. The second-order valence-electron chi connectivity index (χ2n) is 7.28. The third kappa shape index (κ3) is 5.98. The normalized spacial score (nSPS) is 10.2. The van der Waals surface area contributed by atoms with Crippen molar-refractivity contribution in [1.29, 1.82) is 0 Å². The summed E-state index contributed by atoms with van der Waals surface area (Å²) in [5.41, 5.74) is 5.99. The Balaban J connectivity index is 0.000000254. The fourth-order valence-corrected chi connectivity index (χ4v) is 3.04. The quantitative estimate of drug-likeness (QED) is 0.323. The van der Waals surface area contributed by atoms with Gasteiger partial charge in [-0.05, 0) is 54.3 Å². The molecule has 0 aromatic heterocycles. The molecule has 0 saturated heterocycles. The summed E-state index contributed by atoms with van der Waals surface area (Å²) >= 11 is 0. The first kappa shape index (κ1) is 22.2. The van der Waals surface area contributed by atoms with Crippen LogP contribution in [0.3, 0.4) is 0 Å². The third-order valence-electron chi connectivity index (χ3n) is 4.88. The molecule has 0 heterocycles. The maximum absolute atomic E-state index is 14.4. The van der Waals surface area contributed by atoms with E-state index < -0.39 is 6.67 Å². The first-order valence-corrected chi connectivity index (χ1v) is 9.87. The number of hydrogen-bond acceptors (Lipinski definition) is 1. The number of halogens is 3. The van der Waals surface area contributed by atoms with Crippen molar-refractivity contribution in [3.63, 3.8) is 0 Å². The molecule has 0 fully saturated rings. The molecule has 4 aromatic rings. The fraction of sp³-hybridized carbons (Fsp3) is 0.111. The van der Waals surface area contributed by atoms with Gasteiger partial charge in [0.25, 0.3) is 0 Å². The van der Waals surface area contributed by atoms with Gasteiger partial charge in [0.2, 0.25) is 0 Å². The molecule has 0 atom stereocenters. The summed E-state index contributed by atoms with van der Waals surface area (Å²) in [5, 5.41) is 0. The van der Waals surface area contributed by atoms with E-state index >= 15 is 0 Å². The Morgan fingerprint density at radius 2 is 1.16 bits per heavy atom. The van der Waals surface area contributed by atoms with Crippen molar-refractivity contribution in [2.24, 2.45) is 0 Å². The van der Waals surface area contributed by atoms with Gasteiger partial charge in [-0.25, -0.2) is 8.78 Å². The molecule has 0 amide bonds. The summed E-state index contributed by atoms with van der Waals surface area (Å²) < 4.78 is 38.3. The molecule has 0 N–H and O–H groups in total. The number of benzene rings is 4. The Labute approximate surface area is 180 Å². The smallest absolute Gasteiger partial charge is 0.171 e. The molecule has 31 heavy (non-hydrogen) atoms. The molecule has 4 rings (SSSR count). The van der Waals surface area contributed by atoms with E-state index in [4.69, 9.17) is 0 Å². The van der Waals surface area contributed by atoms with Gasteiger partial charge in [-0.2, -0.15) is 0 Å². The minimum atomic E-state index is -0.505. The summed E-state index contributed by atoms with van der Waals surface area (Å²) in [6.07, 6.45) is 0. The van der Waals surface area contributed by atoms with Gasteiger partial charge in [0.05, 0.1) is 0 Å². The first-order chi connectivity index (χ1) is 15.0. The van der Waals surface area contributed by atoms with E-state index in [-0.39, 0.29) is 11.6 Å². The minimum Gasteiger partial charge on any atom is -0.294 e. The minimum absolute atomic E-state index is 0.251. The maximum atomic E-state index is 14.4. The van der Waals surface area contributed by atoms with E-state index in [1.54, 1.807) is 60.7 Å². The van der Waals surface area contributed by atoms with E-state index in [2.05, 4.69) is 4.94 Å². The van der Waals surface area contributed by atoms with Crippen molar-refractivity contribution < 1.29 is 18.2 Å². The lowest BCUT2D eigenvalue weighted by Crippen LogP contribution is -1.87. The Bertz CT molecular complexity index is 1100. The molecule has 0 unspecified atom stereocenters. The van der Waals surface area contributed by atoms with Crippen LogP contribution in [-0.4, -0.2) is 0 Å². The van der Waals surface area contributed by atoms with Crippen LogP contribution in [0.2, 0.25) is 0 Å². The molecule has 0 aliphatic heterocycles. The molecule has 0 aliphatic rings. The SMILES string of the molecule is Cc1ccc(-c2ccc(-c3ccc(CF)cc3)c(F)c2)cc1.Cc1ccc(OF)cc1. The van der Waals surface area contributed by atoms with E-state index in [1.807, 2.05) is 44.2 Å². The predicted octanol–water partition coefficient (Wildman–Crippen LogP) is 8.20. The average Bonchev–Trinajstić information content (AvgIpc) is 2.80. The van der Waals surface area contributed by atoms with Crippen molar-refractivity contribution >= 4 is 0 Å². The van der Waals surface area contributed by atoms with Gasteiger partial charge in [0, 0.05) is 10.1 Å². The van der Waals surface area contributed by atoms with Gasteiger partial charge in [0.15, 0.2) is 5.75 Å². The predicted molar refractivity (Wildman–Crippen MR) is 120 cm³/mol. The van der Waals surface area contributed by atoms with Crippen molar-refractivity contribution in [2.75, 3.05) is 0 Å². The molecule has 4 heteroatoms. The zero-order valence-corrected chi connectivity index (χ0v) is 17.4. The van der Waals surface area contributed by atoms with Crippen LogP contribution in [0.15, 0.2) is 91.0 Å². The zero-order chi connectivity index (χ0) is 22.2. The highest BCUT2D eigenvalue weighted by Gasteiger charge is 2.07. The van der Waals surface area contributed by atoms with Crippen LogP contribution in [0.1, 0.15) is 16.7 Å². The van der Waals surface area contributed by atoms with Crippen LogP contribution < -0.4 is 4.94 Å². The maximum Gasteiger partial charge on any atom is 0.171 e. The van der Waals surface area contributed by atoms with Gasteiger partial charge in [0.1, 0.15) is 12.5 Å². The van der Waals surface area contributed by atoms with Crippen molar-refractivity contribution in [3.05, 3.63) is 114 Å². The van der Waals surface area contributed by atoms with Crippen LogP contribution in [0, 0.1) is 19.7 Å². The Morgan fingerprint density at radius 1 is 0.645 bits per heavy atom. The summed E-state index contributed by atoms with van der Waals surface area (Å²) in [4.78, 5) is 3.47. The van der Waals surface area contributed by atoms with E-state index in [0.29, 0.717) is 11.1 Å². The van der Waals surface area contributed by atoms with Gasteiger partial charge in [-0.15, -0.1) is 0 Å². The number of hydrogen-bond donors (Lipinski definition) is 0. The summed E-state index contributed by atoms with van der Waals surface area (Å²) in [7, 11) is 0. The van der Waals surface area contributed by atoms with Gasteiger partial charge in [-0.1, -0.05) is 83.9 Å². The van der Waals surface area contributed by atoms with E-state index in [9.17, 15) is 13.3 Å². The molecule has 4 aromatic carbocycles. The average molecular weight is 420 g/mol. The summed E-state index contributed by atoms with van der Waals surface area (Å²) in [5.74, 6) is -0.0216. The molecule has 0 bridgehead atoms. The highest BCUT2D eigenvalue weighted by atomic mass is 19.3. The summed E-state index contributed by atoms with van der Waals surface area (Å²) in [6.45, 7) is 3.45. The van der Waals surface area contributed by atoms with Crippen LogP contribution in [-0.2, 0) is 6.67 Å². The fourth-order valence-electron chi connectivity index (χ4n) is 3.04. The molecule has 0 spiro atoms. The van der Waals surface area contributed by atoms with Crippen molar-refractivity contribution in [1.82, 2.24) is 0 Å². The Hall–Kier alpha value is -3.53. The monoisotopic (exact) mass is 420 g/mol. The molecular formula is C27H23F3O. The Morgan fingerprint density at radius 3 is 1.68 bits per heavy atom. The van der Waals surface area contributed by atoms with Crippen LogP contribution in [0.5, 0.6) is 5.75 Å². The Kier molecular flexibility index (Phi) is 7.50. The summed E-state index contributed by atoms with van der Waals surface area (Å²) in [6, 6.07) is 26.8. The van der Waals surface area contributed by atoms with Crippen molar-refractivity contribution in [2.45, 2.75) is 20.5 Å². The lowest BCUT2D eigenvalue weighted by molar-refractivity contribution is -0.00621. The van der Waals surface area contributed by atoms with Gasteiger partial charge < -0.3 is 0 Å². The van der Waals surface area contributed by atoms with Crippen molar-refractivity contribution in [3.8, 4) is 28.0 Å². The zero-order valence-electron chi connectivity index (χ0n) is 17.4. The van der Waals surface area contributed by atoms with Crippen LogP contribution in [0.25, 0.3) is 22.3 Å². The second-order valence-corrected chi connectivity index (χ2v) is 7.28. The van der Waals surface area contributed by atoms with E-state index in [1.165, 1.54) is 5.56 Å². The molecule has 1 nitrogen and oxygen atoms in total. The van der Waals surface area contributed by atoms with Gasteiger partial charge in [-0.3, -0.25) is 4.94 Å². The lowest BCUT2D eigenvalue weighted by Gasteiger charge is -2.08. The highest BCUT2D eigenvalue weighted by Crippen LogP contribution is 2.28. The standard InChI is InChI=1S/C20H16F2.C7H7FO/c1-14-2-6-16(7-3-14)18-10-11-19(20(22)12-18)17-8-4-15(13-21)5-9-17;1-6-2-4-7(9-8)5-3-6/h2-12H,13H2,1H3;2-5H,1H3. The number of aryl methyl sites for hydroxylation is 2. The highest BCUT2D eigenvalue weighted by molar-refractivity contribution is 5.71. The number of alkyl halides is 1. The molecule has 0 radical (unpaired) electrons.